The van der Waals surface area contributed by atoms with Crippen LogP contribution in [0, 0.1) is 6.92 Å². The van der Waals surface area contributed by atoms with Crippen molar-refractivity contribution in [2.75, 3.05) is 0 Å². The van der Waals surface area contributed by atoms with E-state index in [1.807, 2.05) is 0 Å². The molecule has 21 heavy (non-hydrogen) atoms. The fourth-order valence-electron chi connectivity index (χ4n) is 1.25. The minimum absolute atomic E-state index is 0.263. The van der Waals surface area contributed by atoms with Crippen LogP contribution in [0.5, 0.6) is 0 Å². The highest BCUT2D eigenvalue weighted by Gasteiger charge is 2.72. The predicted molar refractivity (Wildman–Crippen MR) is 58.6 cm³/mol. The van der Waals surface area contributed by atoms with Gasteiger partial charge < -0.3 is 5.11 Å². The largest absolute Gasteiger partial charge is 0.441 e. The van der Waals surface area contributed by atoms with E-state index in [9.17, 15) is 34.8 Å². The van der Waals surface area contributed by atoms with Crippen LogP contribution in [0.1, 0.15) is 5.56 Å². The number of aliphatic hydroxyl groups is 1. The zero-order valence-electron chi connectivity index (χ0n) is 10.2. The Kier molecular flexibility index (Phi) is 4.34. The number of hydrogen-bond donors (Lipinski definition) is 2. The molecule has 0 aliphatic carbocycles. The molecule has 0 saturated heterocycles. The first-order valence-electron chi connectivity index (χ1n) is 5.17. The maximum atomic E-state index is 12.4. The van der Waals surface area contributed by atoms with Crippen LogP contribution in [0.2, 0.25) is 0 Å². The van der Waals surface area contributed by atoms with Gasteiger partial charge in [0.1, 0.15) is 0 Å². The lowest BCUT2D eigenvalue weighted by molar-refractivity contribution is -0.372. The zero-order chi connectivity index (χ0) is 16.7. The second-order valence-electron chi connectivity index (χ2n) is 4.12. The molecule has 4 nitrogen and oxygen atoms in total. The maximum Gasteiger partial charge on any atom is 0.441 e. The molecule has 0 unspecified atom stereocenters. The summed E-state index contributed by atoms with van der Waals surface area (Å²) in [6.45, 7) is 1.53. The van der Waals surface area contributed by atoms with Crippen LogP contribution in [0.25, 0.3) is 0 Å². The molecule has 0 atom stereocenters. The van der Waals surface area contributed by atoms with E-state index in [1.54, 1.807) is 0 Å². The first kappa shape index (κ1) is 17.7. The highest BCUT2D eigenvalue weighted by molar-refractivity contribution is 7.89. The second kappa shape index (κ2) is 5.14. The van der Waals surface area contributed by atoms with E-state index in [1.165, 1.54) is 19.1 Å². The van der Waals surface area contributed by atoms with E-state index in [0.29, 0.717) is 5.56 Å². The van der Waals surface area contributed by atoms with Crippen LogP contribution in [-0.2, 0) is 10.0 Å². The Balaban J connectivity index is 3.30. The SMILES string of the molecule is Cc1ccc(S(=O)(=O)NC(O)(C(F)(F)F)C(F)(F)F)cc1. The standard InChI is InChI=1S/C10H9F6NO3S/c1-6-2-4-7(5-3-6)21(19,20)17-8(18,9(11,12)13)10(14,15)16/h2-5,17-18H,1H3. The van der Waals surface area contributed by atoms with Crippen molar-refractivity contribution in [3.8, 4) is 0 Å². The molecule has 0 spiro atoms. The first-order valence-corrected chi connectivity index (χ1v) is 6.65. The van der Waals surface area contributed by atoms with Gasteiger partial charge in [0.25, 0.3) is 0 Å². The van der Waals surface area contributed by atoms with Gasteiger partial charge in [0.15, 0.2) is 0 Å². The number of nitrogens with one attached hydrogen (secondary N) is 1. The molecule has 0 radical (unpaired) electrons. The van der Waals surface area contributed by atoms with E-state index in [-0.39, 0.29) is 4.72 Å². The molecule has 2 N–H and O–H groups in total. The van der Waals surface area contributed by atoms with Crippen molar-refractivity contribution in [3.05, 3.63) is 29.8 Å². The van der Waals surface area contributed by atoms with Crippen LogP contribution >= 0.6 is 0 Å². The molecule has 1 aromatic carbocycles. The third-order valence-corrected chi connectivity index (χ3v) is 3.89. The molecular weight excluding hydrogens is 328 g/mol. The molecule has 120 valence electrons. The molecule has 1 aromatic rings. The van der Waals surface area contributed by atoms with Crippen molar-refractivity contribution in [3.63, 3.8) is 0 Å². The third kappa shape index (κ3) is 3.47. The molecule has 1 rings (SSSR count). The summed E-state index contributed by atoms with van der Waals surface area (Å²) >= 11 is 0. The highest BCUT2D eigenvalue weighted by atomic mass is 32.2. The molecule has 0 bridgehead atoms. The van der Waals surface area contributed by atoms with Crippen LogP contribution < -0.4 is 4.72 Å². The summed E-state index contributed by atoms with van der Waals surface area (Å²) in [4.78, 5) is -0.847. The average molecular weight is 337 g/mol. The van der Waals surface area contributed by atoms with Gasteiger partial charge in [-0.1, -0.05) is 17.7 Å². The Morgan fingerprint density at radius 1 is 0.952 bits per heavy atom. The molecule has 0 aliphatic heterocycles. The number of sulfonamides is 1. The number of halogens is 6. The van der Waals surface area contributed by atoms with Gasteiger partial charge in [0.2, 0.25) is 10.0 Å². The number of aryl methyl sites for hydroxylation is 1. The summed E-state index contributed by atoms with van der Waals surface area (Å²) in [5.74, 6) is 0. The molecule has 0 fully saturated rings. The lowest BCUT2D eigenvalue weighted by Gasteiger charge is -2.32. The van der Waals surface area contributed by atoms with E-state index >= 15 is 0 Å². The Morgan fingerprint density at radius 3 is 1.67 bits per heavy atom. The van der Waals surface area contributed by atoms with Crippen molar-refractivity contribution >= 4 is 10.0 Å². The quantitative estimate of drug-likeness (QED) is 0.656. The highest BCUT2D eigenvalue weighted by Crippen LogP contribution is 2.41. The van der Waals surface area contributed by atoms with E-state index in [2.05, 4.69) is 0 Å². The molecular formula is C10H9F6NO3S. The molecule has 11 heteroatoms. The van der Waals surface area contributed by atoms with Crippen molar-refractivity contribution in [2.24, 2.45) is 0 Å². The van der Waals surface area contributed by atoms with E-state index in [0.717, 1.165) is 12.1 Å². The maximum absolute atomic E-state index is 12.4. The fourth-order valence-corrected chi connectivity index (χ4v) is 2.48. The summed E-state index contributed by atoms with van der Waals surface area (Å²) < 4.78 is 97.9. The molecule has 0 heterocycles. The van der Waals surface area contributed by atoms with Crippen LogP contribution in [0.15, 0.2) is 29.2 Å². The van der Waals surface area contributed by atoms with Gasteiger partial charge in [-0.05, 0) is 19.1 Å². The molecule has 0 saturated carbocycles. The number of rotatable bonds is 3. The predicted octanol–water partition coefficient (Wildman–Crippen LogP) is 2.09. The van der Waals surface area contributed by atoms with Gasteiger partial charge in [-0.2, -0.15) is 31.1 Å². The number of hydrogen-bond acceptors (Lipinski definition) is 3. The smallest absolute Gasteiger partial charge is 0.360 e. The summed E-state index contributed by atoms with van der Waals surface area (Å²) in [5, 5.41) is 8.80. The Hall–Kier alpha value is -1.33. The average Bonchev–Trinajstić information content (AvgIpc) is 2.25. The van der Waals surface area contributed by atoms with Crippen molar-refractivity contribution in [2.45, 2.75) is 29.9 Å². The Morgan fingerprint density at radius 2 is 1.33 bits per heavy atom. The number of benzene rings is 1. The van der Waals surface area contributed by atoms with Crippen LogP contribution in [0.3, 0.4) is 0 Å². The van der Waals surface area contributed by atoms with Gasteiger partial charge in [-0.15, -0.1) is 0 Å². The normalized spacial score (nSPS) is 14.3. The molecule has 0 aromatic heterocycles. The third-order valence-electron chi connectivity index (χ3n) is 2.43. The van der Waals surface area contributed by atoms with Crippen molar-refractivity contribution in [1.82, 2.24) is 4.72 Å². The van der Waals surface area contributed by atoms with Crippen LogP contribution in [0.4, 0.5) is 26.3 Å². The van der Waals surface area contributed by atoms with E-state index < -0.39 is 33.0 Å². The van der Waals surface area contributed by atoms with Gasteiger partial charge in [-0.25, -0.2) is 8.42 Å². The topological polar surface area (TPSA) is 66.4 Å². The summed E-state index contributed by atoms with van der Waals surface area (Å²) in [7, 11) is -5.24. The first-order chi connectivity index (χ1) is 9.21. The summed E-state index contributed by atoms with van der Waals surface area (Å²) in [5.41, 5.74) is -5.04. The minimum atomic E-state index is -6.29. The summed E-state index contributed by atoms with van der Waals surface area (Å²) in [6.07, 6.45) is -12.6. The lowest BCUT2D eigenvalue weighted by atomic mass is 10.2. The zero-order valence-corrected chi connectivity index (χ0v) is 11.1. The van der Waals surface area contributed by atoms with Gasteiger partial charge in [0, 0.05) is 0 Å². The minimum Gasteiger partial charge on any atom is -0.360 e. The molecule has 0 aliphatic rings. The van der Waals surface area contributed by atoms with Gasteiger partial charge in [0.05, 0.1) is 4.90 Å². The Bertz CT molecular complexity index is 591. The monoisotopic (exact) mass is 337 g/mol. The van der Waals surface area contributed by atoms with Gasteiger partial charge in [-0.3, -0.25) is 0 Å². The van der Waals surface area contributed by atoms with Crippen molar-refractivity contribution < 1.29 is 39.9 Å². The Labute approximate surface area is 115 Å². The molecule has 0 amide bonds. The fraction of sp³-hybridized carbons (Fsp3) is 0.400. The second-order valence-corrected chi connectivity index (χ2v) is 5.81. The number of alkyl halides is 6. The van der Waals surface area contributed by atoms with E-state index in [4.69, 9.17) is 5.11 Å². The summed E-state index contributed by atoms with van der Waals surface area (Å²) in [6, 6.07) is 3.97. The van der Waals surface area contributed by atoms with Crippen LogP contribution in [-0.4, -0.2) is 31.6 Å². The lowest BCUT2D eigenvalue weighted by Crippen LogP contribution is -2.67. The van der Waals surface area contributed by atoms with Gasteiger partial charge >= 0.3 is 18.1 Å². The van der Waals surface area contributed by atoms with Crippen molar-refractivity contribution in [1.29, 1.82) is 0 Å².